The minimum Gasteiger partial charge on any atom is -0.490 e. The van der Waals surface area contributed by atoms with Gasteiger partial charge in [0.15, 0.2) is 0 Å². The third kappa shape index (κ3) is 6.27. The maximum Gasteiger partial charge on any atom is 0.120 e. The first-order chi connectivity index (χ1) is 15.1. The van der Waals surface area contributed by atoms with Crippen LogP contribution in [0.1, 0.15) is 129 Å². The lowest BCUT2D eigenvalue weighted by Gasteiger charge is -2.33. The highest BCUT2D eigenvalue weighted by atomic mass is 16.5. The van der Waals surface area contributed by atoms with Gasteiger partial charge in [-0.25, -0.2) is 0 Å². The van der Waals surface area contributed by atoms with E-state index in [4.69, 9.17) is 11.3 Å². The average molecular weight is 425 g/mol. The molecule has 0 saturated carbocycles. The SMILES string of the molecule is C=C1/C(=C\CC)c2ccc(OC(CC)CCCC)cc2C1(CCCC)CCCCCC. The lowest BCUT2D eigenvalue weighted by Crippen LogP contribution is -2.25. The second-order valence-corrected chi connectivity index (χ2v) is 9.50. The summed E-state index contributed by atoms with van der Waals surface area (Å²) in [6, 6.07) is 6.92. The molecule has 31 heavy (non-hydrogen) atoms. The van der Waals surface area contributed by atoms with Crippen molar-refractivity contribution in [3.8, 4) is 5.75 Å². The lowest BCUT2D eigenvalue weighted by molar-refractivity contribution is 0.183. The molecule has 0 aliphatic heterocycles. The minimum atomic E-state index is 0.0879. The van der Waals surface area contributed by atoms with Crippen molar-refractivity contribution in [2.75, 3.05) is 0 Å². The third-order valence-electron chi connectivity index (χ3n) is 7.16. The molecule has 2 atom stereocenters. The van der Waals surface area contributed by atoms with E-state index < -0.39 is 0 Å². The number of hydrogen-bond acceptors (Lipinski definition) is 1. The molecule has 1 aromatic rings. The van der Waals surface area contributed by atoms with Crippen LogP contribution in [0, 0.1) is 0 Å². The van der Waals surface area contributed by atoms with Crippen molar-refractivity contribution in [3.05, 3.63) is 47.6 Å². The largest absolute Gasteiger partial charge is 0.490 e. The molecule has 2 rings (SSSR count). The van der Waals surface area contributed by atoms with Crippen molar-refractivity contribution in [1.82, 2.24) is 0 Å². The Labute approximate surface area is 193 Å². The molecule has 0 bridgehead atoms. The smallest absolute Gasteiger partial charge is 0.120 e. The number of fused-ring (bicyclic) bond motifs is 1. The van der Waals surface area contributed by atoms with Gasteiger partial charge in [-0.1, -0.05) is 105 Å². The second-order valence-electron chi connectivity index (χ2n) is 9.50. The number of hydrogen-bond donors (Lipinski definition) is 0. The second kappa shape index (κ2) is 13.1. The monoisotopic (exact) mass is 424 g/mol. The number of rotatable bonds is 15. The van der Waals surface area contributed by atoms with E-state index in [1.54, 1.807) is 0 Å². The van der Waals surface area contributed by atoms with Crippen LogP contribution in [0.25, 0.3) is 5.57 Å². The number of unbranched alkanes of at least 4 members (excludes halogenated alkanes) is 5. The zero-order valence-electron chi connectivity index (χ0n) is 21.2. The summed E-state index contributed by atoms with van der Waals surface area (Å²) < 4.78 is 6.51. The molecule has 0 radical (unpaired) electrons. The molecule has 2 unspecified atom stereocenters. The van der Waals surface area contributed by atoms with E-state index in [2.05, 4.69) is 58.9 Å². The van der Waals surface area contributed by atoms with Crippen LogP contribution in [-0.2, 0) is 5.41 Å². The van der Waals surface area contributed by atoms with Gasteiger partial charge in [0.05, 0.1) is 6.10 Å². The first-order valence-electron chi connectivity index (χ1n) is 13.3. The standard InChI is InChI=1S/C30H48O/c1-7-12-15-16-22-30(21-14-9-3)24(6)27(17-10-4)28-20-19-26(23-29(28)30)31-25(11-5)18-13-8-2/h17,19-20,23,25H,6-16,18,21-22H2,1-5H3/b27-17+. The van der Waals surface area contributed by atoms with Gasteiger partial charge in [0, 0.05) is 5.41 Å². The fraction of sp³-hybridized carbons (Fsp3) is 0.667. The van der Waals surface area contributed by atoms with Crippen LogP contribution < -0.4 is 4.74 Å². The summed E-state index contributed by atoms with van der Waals surface area (Å²) in [5.74, 6) is 1.06. The van der Waals surface area contributed by atoms with Crippen molar-refractivity contribution >= 4 is 5.57 Å². The van der Waals surface area contributed by atoms with Crippen molar-refractivity contribution in [2.24, 2.45) is 0 Å². The van der Waals surface area contributed by atoms with Crippen LogP contribution >= 0.6 is 0 Å². The van der Waals surface area contributed by atoms with Gasteiger partial charge in [-0.2, -0.15) is 0 Å². The van der Waals surface area contributed by atoms with E-state index in [0.29, 0.717) is 6.10 Å². The molecular formula is C30H48O. The Morgan fingerprint density at radius 2 is 1.61 bits per heavy atom. The van der Waals surface area contributed by atoms with Crippen LogP contribution in [-0.4, -0.2) is 6.10 Å². The Bertz CT molecular complexity index is 713. The Hall–Kier alpha value is -1.50. The number of ether oxygens (including phenoxy) is 1. The van der Waals surface area contributed by atoms with Gasteiger partial charge in [0.25, 0.3) is 0 Å². The number of allylic oxidation sites excluding steroid dienone is 3. The summed E-state index contributed by atoms with van der Waals surface area (Å²) in [7, 11) is 0. The Morgan fingerprint density at radius 3 is 2.26 bits per heavy atom. The maximum atomic E-state index is 6.51. The zero-order chi connectivity index (χ0) is 22.7. The van der Waals surface area contributed by atoms with Gasteiger partial charge in [-0.3, -0.25) is 0 Å². The third-order valence-corrected chi connectivity index (χ3v) is 7.16. The summed E-state index contributed by atoms with van der Waals surface area (Å²) in [6.45, 7) is 16.1. The molecule has 1 nitrogen and oxygen atoms in total. The van der Waals surface area contributed by atoms with Crippen LogP contribution in [0.3, 0.4) is 0 Å². The van der Waals surface area contributed by atoms with Crippen molar-refractivity contribution in [2.45, 2.75) is 130 Å². The molecule has 0 amide bonds. The molecule has 174 valence electrons. The predicted molar refractivity (Wildman–Crippen MR) is 138 cm³/mol. The summed E-state index contributed by atoms with van der Waals surface area (Å²) in [5, 5.41) is 0. The van der Waals surface area contributed by atoms with Crippen LogP contribution in [0.5, 0.6) is 5.75 Å². The summed E-state index contributed by atoms with van der Waals surface area (Å²) in [4.78, 5) is 0. The first kappa shape index (κ1) is 25.8. The van der Waals surface area contributed by atoms with Gasteiger partial charge in [-0.05, 0) is 66.5 Å². The molecular weight excluding hydrogens is 376 g/mol. The molecule has 0 heterocycles. The highest BCUT2D eigenvalue weighted by Crippen LogP contribution is 2.55. The Morgan fingerprint density at radius 1 is 0.903 bits per heavy atom. The minimum absolute atomic E-state index is 0.0879. The molecule has 0 N–H and O–H groups in total. The van der Waals surface area contributed by atoms with Gasteiger partial charge in [-0.15, -0.1) is 0 Å². The molecule has 1 aromatic carbocycles. The first-order valence-corrected chi connectivity index (χ1v) is 13.3. The van der Waals surface area contributed by atoms with Crippen molar-refractivity contribution in [3.63, 3.8) is 0 Å². The van der Waals surface area contributed by atoms with E-state index in [0.717, 1.165) is 25.0 Å². The van der Waals surface area contributed by atoms with E-state index in [-0.39, 0.29) is 5.41 Å². The predicted octanol–water partition coefficient (Wildman–Crippen LogP) is 9.80. The molecule has 1 heteroatoms. The highest BCUT2D eigenvalue weighted by molar-refractivity contribution is 5.89. The average Bonchev–Trinajstić information content (AvgIpc) is 3.01. The fourth-order valence-corrected chi connectivity index (χ4v) is 5.25. The Kier molecular flexibility index (Phi) is 10.9. The van der Waals surface area contributed by atoms with Gasteiger partial charge in [0.1, 0.15) is 5.75 Å². The fourth-order valence-electron chi connectivity index (χ4n) is 5.25. The van der Waals surface area contributed by atoms with E-state index in [1.165, 1.54) is 86.5 Å². The van der Waals surface area contributed by atoms with Gasteiger partial charge >= 0.3 is 0 Å². The maximum absolute atomic E-state index is 6.51. The van der Waals surface area contributed by atoms with Crippen LogP contribution in [0.15, 0.2) is 36.4 Å². The van der Waals surface area contributed by atoms with Gasteiger partial charge in [0.2, 0.25) is 0 Å². The molecule has 1 aliphatic carbocycles. The normalized spacial score (nSPS) is 20.3. The highest BCUT2D eigenvalue weighted by Gasteiger charge is 2.43. The van der Waals surface area contributed by atoms with E-state index in [1.807, 2.05) is 0 Å². The summed E-state index contributed by atoms with van der Waals surface area (Å²) >= 11 is 0. The van der Waals surface area contributed by atoms with Gasteiger partial charge < -0.3 is 4.74 Å². The zero-order valence-corrected chi connectivity index (χ0v) is 21.2. The summed E-state index contributed by atoms with van der Waals surface area (Å²) in [6.07, 6.45) is 18.6. The van der Waals surface area contributed by atoms with E-state index >= 15 is 0 Å². The lowest BCUT2D eigenvalue weighted by atomic mass is 9.71. The van der Waals surface area contributed by atoms with Crippen molar-refractivity contribution < 1.29 is 4.74 Å². The number of benzene rings is 1. The molecule has 0 fully saturated rings. The molecule has 0 aromatic heterocycles. The summed E-state index contributed by atoms with van der Waals surface area (Å²) in [5.41, 5.74) is 5.75. The van der Waals surface area contributed by atoms with Crippen LogP contribution in [0.4, 0.5) is 0 Å². The van der Waals surface area contributed by atoms with Crippen molar-refractivity contribution in [1.29, 1.82) is 0 Å². The quantitative estimate of drug-likeness (QED) is 0.254. The van der Waals surface area contributed by atoms with Crippen LogP contribution in [0.2, 0.25) is 0 Å². The molecule has 1 aliphatic rings. The Balaban J connectivity index is 2.44. The topological polar surface area (TPSA) is 9.23 Å². The van der Waals surface area contributed by atoms with E-state index in [9.17, 15) is 0 Å². The molecule has 0 saturated heterocycles. The molecule has 0 spiro atoms.